The number of benzene rings is 2. The summed E-state index contributed by atoms with van der Waals surface area (Å²) in [6.45, 7) is 0. The lowest BCUT2D eigenvalue weighted by molar-refractivity contribution is 0.473. The quantitative estimate of drug-likeness (QED) is 0.506. The summed E-state index contributed by atoms with van der Waals surface area (Å²) < 4.78 is 13.3. The van der Waals surface area contributed by atoms with Gasteiger partial charge in [0, 0.05) is 4.83 Å². The van der Waals surface area contributed by atoms with Crippen LogP contribution in [0.2, 0.25) is 0 Å². The molecule has 0 amide bonds. The minimum atomic E-state index is -0.136. The van der Waals surface area contributed by atoms with Crippen molar-refractivity contribution in [1.82, 2.24) is 0 Å². The van der Waals surface area contributed by atoms with Crippen molar-refractivity contribution < 1.29 is 4.39 Å². The molecule has 0 nitrogen and oxygen atoms in total. The van der Waals surface area contributed by atoms with E-state index in [0.717, 1.165) is 18.4 Å². The maximum Gasteiger partial charge on any atom is 0.123 e. The van der Waals surface area contributed by atoms with Crippen LogP contribution in [0.25, 0.3) is 0 Å². The Morgan fingerprint density at radius 2 is 1.95 bits per heavy atom. The van der Waals surface area contributed by atoms with Crippen LogP contribution in [0.3, 0.4) is 0 Å². The molecule has 2 aromatic carbocycles. The summed E-state index contributed by atoms with van der Waals surface area (Å²) in [7, 11) is 0. The highest BCUT2D eigenvalue weighted by Crippen LogP contribution is 2.40. The lowest BCUT2D eigenvalue weighted by Crippen LogP contribution is -2.10. The molecule has 0 spiro atoms. The van der Waals surface area contributed by atoms with E-state index < -0.39 is 0 Å². The van der Waals surface area contributed by atoms with Gasteiger partial charge in [0.2, 0.25) is 0 Å². The van der Waals surface area contributed by atoms with Crippen molar-refractivity contribution >= 4 is 15.9 Å². The van der Waals surface area contributed by atoms with Crippen LogP contribution in [0.4, 0.5) is 4.39 Å². The van der Waals surface area contributed by atoms with Crippen LogP contribution in [0, 0.1) is 11.7 Å². The summed E-state index contributed by atoms with van der Waals surface area (Å²) in [4.78, 5) is 0.365. The Morgan fingerprint density at radius 3 is 2.80 bits per heavy atom. The van der Waals surface area contributed by atoms with E-state index in [-0.39, 0.29) is 5.82 Å². The van der Waals surface area contributed by atoms with E-state index in [4.69, 9.17) is 0 Å². The van der Waals surface area contributed by atoms with E-state index in [1.165, 1.54) is 30.0 Å². The molecule has 0 aromatic heterocycles. The maximum atomic E-state index is 13.3. The first-order valence-corrected chi connectivity index (χ1v) is 8.12. The largest absolute Gasteiger partial charge is 0.207 e. The second-order valence-electron chi connectivity index (χ2n) is 5.59. The molecule has 20 heavy (non-hydrogen) atoms. The van der Waals surface area contributed by atoms with Crippen LogP contribution in [0.1, 0.15) is 34.4 Å². The Balaban J connectivity index is 1.84. The van der Waals surface area contributed by atoms with Crippen molar-refractivity contribution in [2.45, 2.75) is 30.5 Å². The molecule has 0 aliphatic heterocycles. The topological polar surface area (TPSA) is 0 Å². The third-order valence-corrected chi connectivity index (χ3v) is 5.41. The normalized spacial score (nSPS) is 22.1. The van der Waals surface area contributed by atoms with Gasteiger partial charge in [0.25, 0.3) is 0 Å². The molecule has 3 rings (SSSR count). The Kier molecular flexibility index (Phi) is 4.21. The van der Waals surface area contributed by atoms with Gasteiger partial charge in [0.05, 0.1) is 0 Å². The number of halogens is 2. The monoisotopic (exact) mass is 332 g/mol. The average molecular weight is 333 g/mol. The number of hydrogen-bond donors (Lipinski definition) is 0. The Morgan fingerprint density at radius 1 is 1.10 bits per heavy atom. The Bertz CT molecular complexity index is 593. The molecule has 0 bridgehead atoms. The molecule has 1 aliphatic carbocycles. The fourth-order valence-corrected chi connectivity index (χ4v) is 4.06. The van der Waals surface area contributed by atoms with Crippen LogP contribution < -0.4 is 0 Å². The van der Waals surface area contributed by atoms with Gasteiger partial charge >= 0.3 is 0 Å². The van der Waals surface area contributed by atoms with Gasteiger partial charge in [-0.15, -0.1) is 0 Å². The van der Waals surface area contributed by atoms with Gasteiger partial charge in [-0.1, -0.05) is 52.3 Å². The van der Waals surface area contributed by atoms with Crippen LogP contribution >= 0.6 is 15.9 Å². The standard InChI is InChI=1S/C18H18BrF/c19-18-15(11-13-5-3-9-16(20)12-13)8-4-7-14-6-1-2-10-17(14)18/h1-3,5-6,9-10,12,15,18H,4,7-8,11H2. The number of rotatable bonds is 2. The minimum Gasteiger partial charge on any atom is -0.207 e. The highest BCUT2D eigenvalue weighted by Gasteiger charge is 2.25. The summed E-state index contributed by atoms with van der Waals surface area (Å²) in [6.07, 6.45) is 4.47. The summed E-state index contributed by atoms with van der Waals surface area (Å²) in [5, 5.41) is 0. The lowest BCUT2D eigenvalue weighted by Gasteiger charge is -2.21. The van der Waals surface area contributed by atoms with Gasteiger partial charge in [-0.3, -0.25) is 0 Å². The minimum absolute atomic E-state index is 0.136. The molecule has 2 unspecified atom stereocenters. The average Bonchev–Trinajstić information content (AvgIpc) is 2.60. The molecule has 0 radical (unpaired) electrons. The van der Waals surface area contributed by atoms with Crippen LogP contribution in [0.5, 0.6) is 0 Å². The van der Waals surface area contributed by atoms with E-state index in [2.05, 4.69) is 40.2 Å². The van der Waals surface area contributed by atoms with Gasteiger partial charge in [-0.25, -0.2) is 4.39 Å². The molecule has 1 aliphatic rings. The molecule has 0 saturated carbocycles. The summed E-state index contributed by atoms with van der Waals surface area (Å²) in [5.41, 5.74) is 3.96. The van der Waals surface area contributed by atoms with E-state index in [9.17, 15) is 4.39 Å². The summed E-state index contributed by atoms with van der Waals surface area (Å²) in [5.74, 6) is 0.392. The lowest BCUT2D eigenvalue weighted by atomic mass is 9.90. The van der Waals surface area contributed by atoms with Gasteiger partial charge in [-0.05, 0) is 60.4 Å². The third-order valence-electron chi connectivity index (χ3n) is 4.17. The first kappa shape index (κ1) is 13.8. The zero-order valence-corrected chi connectivity index (χ0v) is 12.9. The second-order valence-corrected chi connectivity index (χ2v) is 6.57. The number of aryl methyl sites for hydroxylation is 1. The SMILES string of the molecule is Fc1cccc(CC2CCCc3ccccc3C2Br)c1. The highest BCUT2D eigenvalue weighted by atomic mass is 79.9. The molecule has 0 N–H and O–H groups in total. The fraction of sp³-hybridized carbons (Fsp3) is 0.333. The zero-order valence-electron chi connectivity index (χ0n) is 11.4. The van der Waals surface area contributed by atoms with Crippen molar-refractivity contribution in [1.29, 1.82) is 0 Å². The predicted octanol–water partition coefficient (Wildman–Crippen LogP) is 5.46. The van der Waals surface area contributed by atoms with Crippen molar-refractivity contribution in [2.24, 2.45) is 5.92 Å². The van der Waals surface area contributed by atoms with Crippen molar-refractivity contribution in [3.05, 3.63) is 71.0 Å². The smallest absolute Gasteiger partial charge is 0.123 e. The van der Waals surface area contributed by atoms with Gasteiger partial charge < -0.3 is 0 Å². The molecular formula is C18H18BrF. The number of alkyl halides is 1. The molecule has 2 heteroatoms. The Labute approximate surface area is 128 Å². The number of hydrogen-bond acceptors (Lipinski definition) is 0. The van der Waals surface area contributed by atoms with Crippen molar-refractivity contribution in [2.75, 3.05) is 0 Å². The van der Waals surface area contributed by atoms with Gasteiger partial charge in [0.15, 0.2) is 0 Å². The highest BCUT2D eigenvalue weighted by molar-refractivity contribution is 9.09. The van der Waals surface area contributed by atoms with E-state index in [1.54, 1.807) is 12.1 Å². The summed E-state index contributed by atoms with van der Waals surface area (Å²) in [6, 6.07) is 15.7. The summed E-state index contributed by atoms with van der Waals surface area (Å²) >= 11 is 3.89. The van der Waals surface area contributed by atoms with E-state index in [0.29, 0.717) is 10.7 Å². The third kappa shape index (κ3) is 2.95. The first-order valence-electron chi connectivity index (χ1n) is 7.20. The predicted molar refractivity (Wildman–Crippen MR) is 84.6 cm³/mol. The van der Waals surface area contributed by atoms with Crippen molar-refractivity contribution in [3.63, 3.8) is 0 Å². The molecular weight excluding hydrogens is 315 g/mol. The zero-order chi connectivity index (χ0) is 13.9. The fourth-order valence-electron chi connectivity index (χ4n) is 3.16. The molecule has 2 atom stereocenters. The molecule has 0 saturated heterocycles. The maximum absolute atomic E-state index is 13.3. The molecule has 0 fully saturated rings. The van der Waals surface area contributed by atoms with Crippen LogP contribution in [0.15, 0.2) is 48.5 Å². The molecule has 104 valence electrons. The number of fused-ring (bicyclic) bond motifs is 1. The Hall–Kier alpha value is -1.15. The van der Waals surface area contributed by atoms with E-state index in [1.807, 2.05) is 6.07 Å². The van der Waals surface area contributed by atoms with Gasteiger partial charge in [0.1, 0.15) is 5.82 Å². The first-order chi connectivity index (χ1) is 9.74. The van der Waals surface area contributed by atoms with Crippen LogP contribution in [-0.2, 0) is 12.8 Å². The van der Waals surface area contributed by atoms with Crippen LogP contribution in [-0.4, -0.2) is 0 Å². The van der Waals surface area contributed by atoms with E-state index >= 15 is 0 Å². The molecule has 0 heterocycles. The molecule has 2 aromatic rings. The second kappa shape index (κ2) is 6.09. The van der Waals surface area contributed by atoms with Crippen molar-refractivity contribution in [3.8, 4) is 0 Å². The van der Waals surface area contributed by atoms with Gasteiger partial charge in [-0.2, -0.15) is 0 Å².